The molecule has 0 radical (unpaired) electrons. The first-order chi connectivity index (χ1) is 15.2. The SMILES string of the molecule is N#Cc1ccc(C2NC(=O)c3sc4nc(C5CC5)cc(-c5ccccc5)c4c3N2)cc1. The lowest BCUT2D eigenvalue weighted by molar-refractivity contribution is 0.0940. The number of carbonyl (C=O) groups excluding carboxylic acids is 1. The number of aromatic nitrogens is 1. The highest BCUT2D eigenvalue weighted by Crippen LogP contribution is 2.47. The Hall–Kier alpha value is -3.69. The number of nitrogens with zero attached hydrogens (tertiary/aromatic N) is 2. The first-order valence-electron chi connectivity index (χ1n) is 10.3. The van der Waals surface area contributed by atoms with Crippen LogP contribution in [0.1, 0.15) is 51.4 Å². The maximum absolute atomic E-state index is 13.0. The monoisotopic (exact) mass is 422 g/mol. The lowest BCUT2D eigenvalue weighted by Gasteiger charge is -2.26. The molecule has 2 N–H and O–H groups in total. The number of nitriles is 1. The predicted molar refractivity (Wildman–Crippen MR) is 122 cm³/mol. The minimum Gasteiger partial charge on any atom is -0.360 e. The van der Waals surface area contributed by atoms with Crippen LogP contribution in [-0.2, 0) is 0 Å². The fraction of sp³-hybridized carbons (Fsp3) is 0.160. The molecule has 150 valence electrons. The Morgan fingerprint density at radius 2 is 1.81 bits per heavy atom. The number of thiophene rings is 1. The topological polar surface area (TPSA) is 77.8 Å². The number of rotatable bonds is 3. The minimum atomic E-state index is -0.364. The van der Waals surface area contributed by atoms with Gasteiger partial charge in [0.1, 0.15) is 15.9 Å². The van der Waals surface area contributed by atoms with Crippen molar-refractivity contribution in [1.29, 1.82) is 5.26 Å². The lowest BCUT2D eigenvalue weighted by Crippen LogP contribution is -2.37. The molecule has 1 aliphatic carbocycles. The second kappa shape index (κ2) is 6.93. The van der Waals surface area contributed by atoms with Crippen molar-refractivity contribution in [1.82, 2.24) is 10.3 Å². The van der Waals surface area contributed by atoms with Crippen LogP contribution in [0.3, 0.4) is 0 Å². The molecule has 1 aliphatic heterocycles. The molecule has 2 aromatic heterocycles. The number of pyridine rings is 1. The van der Waals surface area contributed by atoms with Gasteiger partial charge in [0.2, 0.25) is 0 Å². The van der Waals surface area contributed by atoms with Gasteiger partial charge in [0, 0.05) is 17.0 Å². The number of benzene rings is 2. The van der Waals surface area contributed by atoms with E-state index < -0.39 is 0 Å². The van der Waals surface area contributed by atoms with E-state index in [-0.39, 0.29) is 12.1 Å². The highest BCUT2D eigenvalue weighted by Gasteiger charge is 2.32. The van der Waals surface area contributed by atoms with E-state index in [0.29, 0.717) is 16.4 Å². The third kappa shape index (κ3) is 3.06. The van der Waals surface area contributed by atoms with Gasteiger partial charge < -0.3 is 10.6 Å². The Balaban J connectivity index is 1.52. The van der Waals surface area contributed by atoms with Gasteiger partial charge in [-0.1, -0.05) is 42.5 Å². The molecule has 0 bridgehead atoms. The Bertz CT molecular complexity index is 1360. The summed E-state index contributed by atoms with van der Waals surface area (Å²) < 4.78 is 0. The quantitative estimate of drug-likeness (QED) is 0.453. The molecule has 1 atom stereocenters. The van der Waals surface area contributed by atoms with Crippen LogP contribution in [0, 0.1) is 11.3 Å². The average Bonchev–Trinajstić information content (AvgIpc) is 3.60. The average molecular weight is 423 g/mol. The second-order valence-corrected chi connectivity index (χ2v) is 9.01. The predicted octanol–water partition coefficient (Wildman–Crippen LogP) is 5.57. The van der Waals surface area contributed by atoms with Crippen LogP contribution in [-0.4, -0.2) is 10.9 Å². The molecule has 1 unspecified atom stereocenters. The Morgan fingerprint density at radius 1 is 1.03 bits per heavy atom. The van der Waals surface area contributed by atoms with Crippen LogP contribution in [0.5, 0.6) is 0 Å². The molecule has 0 spiro atoms. The summed E-state index contributed by atoms with van der Waals surface area (Å²) in [5.41, 5.74) is 5.70. The first kappa shape index (κ1) is 18.1. The Morgan fingerprint density at radius 3 is 2.52 bits per heavy atom. The van der Waals surface area contributed by atoms with Crippen molar-refractivity contribution in [3.63, 3.8) is 0 Å². The van der Waals surface area contributed by atoms with Crippen molar-refractivity contribution in [2.45, 2.75) is 24.9 Å². The van der Waals surface area contributed by atoms with Crippen LogP contribution >= 0.6 is 11.3 Å². The molecule has 2 aromatic carbocycles. The van der Waals surface area contributed by atoms with Crippen molar-refractivity contribution in [2.75, 3.05) is 5.32 Å². The van der Waals surface area contributed by atoms with Crippen molar-refractivity contribution in [3.8, 4) is 17.2 Å². The maximum Gasteiger partial charge on any atom is 0.265 e. The molecule has 1 saturated carbocycles. The first-order valence-corrected chi connectivity index (χ1v) is 11.1. The molecule has 5 nitrogen and oxygen atoms in total. The zero-order valence-corrected chi connectivity index (χ0v) is 17.4. The van der Waals surface area contributed by atoms with Gasteiger partial charge in [0.05, 0.1) is 17.3 Å². The number of amides is 1. The number of hydrogen-bond acceptors (Lipinski definition) is 5. The van der Waals surface area contributed by atoms with Crippen LogP contribution in [0.25, 0.3) is 21.3 Å². The summed E-state index contributed by atoms with van der Waals surface area (Å²) >= 11 is 1.45. The van der Waals surface area contributed by atoms with E-state index in [4.69, 9.17) is 10.2 Å². The maximum atomic E-state index is 13.0. The van der Waals surface area contributed by atoms with Gasteiger partial charge in [0.25, 0.3) is 5.91 Å². The van der Waals surface area contributed by atoms with E-state index in [9.17, 15) is 4.79 Å². The second-order valence-electron chi connectivity index (χ2n) is 8.01. The summed E-state index contributed by atoms with van der Waals surface area (Å²) in [4.78, 5) is 19.5. The fourth-order valence-electron chi connectivity index (χ4n) is 4.14. The van der Waals surface area contributed by atoms with E-state index in [1.54, 1.807) is 12.1 Å². The summed E-state index contributed by atoms with van der Waals surface area (Å²) in [7, 11) is 0. The van der Waals surface area contributed by atoms with Crippen LogP contribution in [0.4, 0.5) is 5.69 Å². The number of nitrogens with one attached hydrogen (secondary N) is 2. The highest BCUT2D eigenvalue weighted by atomic mass is 32.1. The molecular formula is C25H18N4OS. The van der Waals surface area contributed by atoms with Gasteiger partial charge in [0.15, 0.2) is 0 Å². The Labute approximate surface area is 183 Å². The molecule has 6 rings (SSSR count). The van der Waals surface area contributed by atoms with Gasteiger partial charge in [-0.2, -0.15) is 5.26 Å². The third-order valence-electron chi connectivity index (χ3n) is 5.91. The summed E-state index contributed by atoms with van der Waals surface area (Å²) in [6.45, 7) is 0. The Kier molecular flexibility index (Phi) is 4.05. The molecule has 2 aliphatic rings. The minimum absolute atomic E-state index is 0.0990. The normalized spacial score (nSPS) is 17.5. The smallest absolute Gasteiger partial charge is 0.265 e. The molecule has 4 aromatic rings. The van der Waals surface area contributed by atoms with E-state index in [1.165, 1.54) is 24.2 Å². The van der Waals surface area contributed by atoms with E-state index in [1.807, 2.05) is 30.3 Å². The highest BCUT2D eigenvalue weighted by molar-refractivity contribution is 7.21. The van der Waals surface area contributed by atoms with Crippen LogP contribution < -0.4 is 10.6 Å². The van der Waals surface area contributed by atoms with E-state index in [2.05, 4.69) is 34.9 Å². The molecular weight excluding hydrogens is 404 g/mol. The zero-order chi connectivity index (χ0) is 20.9. The summed E-state index contributed by atoms with van der Waals surface area (Å²) in [5.74, 6) is 0.428. The van der Waals surface area contributed by atoms with Crippen LogP contribution in [0.2, 0.25) is 0 Å². The molecule has 3 heterocycles. The fourth-order valence-corrected chi connectivity index (χ4v) is 5.22. The molecule has 0 saturated heterocycles. The van der Waals surface area contributed by atoms with Crippen molar-refractivity contribution in [2.24, 2.45) is 0 Å². The molecule has 1 amide bonds. The number of fused-ring (bicyclic) bond motifs is 3. The molecule has 1 fully saturated rings. The molecule has 31 heavy (non-hydrogen) atoms. The van der Waals surface area contributed by atoms with Crippen molar-refractivity contribution in [3.05, 3.63) is 82.4 Å². The van der Waals surface area contributed by atoms with Crippen molar-refractivity contribution < 1.29 is 4.79 Å². The van der Waals surface area contributed by atoms with E-state index in [0.717, 1.165) is 38.3 Å². The number of anilines is 1. The standard InChI is InChI=1S/C25H18N4OS/c26-13-14-6-8-17(9-7-14)23-28-21-20-18(15-4-2-1-3-5-15)12-19(16-10-11-16)27-25(20)31-22(21)24(30)29-23/h1-9,12,16,23,28H,10-11H2,(H,29,30). The van der Waals surface area contributed by atoms with Gasteiger partial charge in [-0.3, -0.25) is 4.79 Å². The van der Waals surface area contributed by atoms with Gasteiger partial charge >= 0.3 is 0 Å². The van der Waals surface area contributed by atoms with Gasteiger partial charge in [-0.25, -0.2) is 4.98 Å². The third-order valence-corrected chi connectivity index (χ3v) is 6.99. The number of carbonyl (C=O) groups is 1. The largest absolute Gasteiger partial charge is 0.360 e. The van der Waals surface area contributed by atoms with Crippen LogP contribution in [0.15, 0.2) is 60.7 Å². The van der Waals surface area contributed by atoms with E-state index >= 15 is 0 Å². The van der Waals surface area contributed by atoms with Crippen molar-refractivity contribution >= 4 is 33.1 Å². The summed E-state index contributed by atoms with van der Waals surface area (Å²) in [6, 6.07) is 21.9. The summed E-state index contributed by atoms with van der Waals surface area (Å²) in [6.07, 6.45) is 1.99. The number of hydrogen-bond donors (Lipinski definition) is 2. The van der Waals surface area contributed by atoms with Gasteiger partial charge in [-0.15, -0.1) is 11.3 Å². The lowest BCUT2D eigenvalue weighted by atomic mass is 9.99. The molecule has 6 heteroatoms. The summed E-state index contributed by atoms with van der Waals surface area (Å²) in [5, 5.41) is 16.6. The zero-order valence-electron chi connectivity index (χ0n) is 16.6. The van der Waals surface area contributed by atoms with Gasteiger partial charge in [-0.05, 0) is 47.7 Å².